The molecule has 0 aliphatic heterocycles. The number of hydrogen-bond acceptors (Lipinski definition) is 3. The Kier molecular flexibility index (Phi) is 10.3. The Morgan fingerprint density at radius 1 is 0.239 bits per heavy atom. The van der Waals surface area contributed by atoms with Gasteiger partial charge in [-0.2, -0.15) is 0 Å². The van der Waals surface area contributed by atoms with E-state index in [1.807, 2.05) is 0 Å². The van der Waals surface area contributed by atoms with Gasteiger partial charge in [-0.1, -0.05) is 188 Å². The predicted octanol–water partition coefficient (Wildman–Crippen LogP) is 18.4. The van der Waals surface area contributed by atoms with Gasteiger partial charge in [0.05, 0.1) is 22.5 Å². The molecule has 11 aromatic carbocycles. The van der Waals surface area contributed by atoms with Crippen LogP contribution >= 0.6 is 0 Å². The highest BCUT2D eigenvalue weighted by Crippen LogP contribution is 2.64. The van der Waals surface area contributed by atoms with Crippen LogP contribution in [0.1, 0.15) is 27.8 Å². The van der Waals surface area contributed by atoms with Crippen molar-refractivity contribution >= 4 is 51.2 Å². The van der Waals surface area contributed by atoms with Crippen LogP contribution in [0.3, 0.4) is 0 Å². The fourth-order valence-electron chi connectivity index (χ4n) is 11.6. The van der Waals surface area contributed by atoms with Gasteiger partial charge in [-0.05, 0) is 159 Å². The molecular formula is C68H49N3. The molecule has 13 rings (SSSR count). The number of aryl methyl sites for hydroxylation is 1. The van der Waals surface area contributed by atoms with E-state index in [0.717, 1.165) is 56.7 Å². The number of hydrogen-bond donors (Lipinski definition) is 0. The first-order chi connectivity index (χ1) is 35.1. The fourth-order valence-corrected chi connectivity index (χ4v) is 11.6. The minimum absolute atomic E-state index is 0.515. The summed E-state index contributed by atoms with van der Waals surface area (Å²) in [6.07, 6.45) is 0. The van der Waals surface area contributed by atoms with E-state index in [9.17, 15) is 0 Å². The van der Waals surface area contributed by atoms with E-state index in [1.54, 1.807) is 0 Å². The Morgan fingerprint density at radius 3 is 1.13 bits per heavy atom. The lowest BCUT2D eigenvalue weighted by Crippen LogP contribution is -2.26. The van der Waals surface area contributed by atoms with E-state index < -0.39 is 5.41 Å². The number of benzene rings is 11. The smallest absolute Gasteiger partial charge is 0.0726 e. The van der Waals surface area contributed by atoms with Gasteiger partial charge in [-0.25, -0.2) is 0 Å². The maximum atomic E-state index is 2.51. The number of nitrogens with zero attached hydrogens (tertiary/aromatic N) is 3. The van der Waals surface area contributed by atoms with Crippen LogP contribution in [0.15, 0.2) is 279 Å². The second kappa shape index (κ2) is 17.4. The van der Waals surface area contributed by atoms with Gasteiger partial charge in [-0.15, -0.1) is 0 Å². The summed E-state index contributed by atoms with van der Waals surface area (Å²) in [6, 6.07) is 102. The lowest BCUT2D eigenvalue weighted by molar-refractivity contribution is 0.793. The number of rotatable bonds is 10. The molecular weight excluding hydrogens is 859 g/mol. The summed E-state index contributed by atoms with van der Waals surface area (Å²) in [7, 11) is 0. The normalized spacial score (nSPS) is 12.4. The van der Waals surface area contributed by atoms with Crippen molar-refractivity contribution in [1.29, 1.82) is 0 Å². The average molecular weight is 908 g/mol. The number of fused-ring (bicyclic) bond motifs is 10. The van der Waals surface area contributed by atoms with Gasteiger partial charge in [-0.3, -0.25) is 0 Å². The van der Waals surface area contributed by atoms with E-state index in [0.29, 0.717) is 0 Å². The Hall–Kier alpha value is -9.18. The van der Waals surface area contributed by atoms with E-state index in [-0.39, 0.29) is 0 Å². The molecule has 0 saturated heterocycles. The zero-order valence-corrected chi connectivity index (χ0v) is 39.4. The first kappa shape index (κ1) is 42.0. The van der Waals surface area contributed by atoms with Crippen molar-refractivity contribution in [3.63, 3.8) is 0 Å². The number of para-hydroxylation sites is 4. The van der Waals surface area contributed by atoms with Gasteiger partial charge in [0, 0.05) is 34.1 Å². The molecule has 0 heterocycles. The lowest BCUT2D eigenvalue weighted by atomic mass is 9.70. The van der Waals surface area contributed by atoms with Crippen molar-refractivity contribution in [2.24, 2.45) is 0 Å². The van der Waals surface area contributed by atoms with Crippen LogP contribution < -0.4 is 14.7 Å². The third-order valence-corrected chi connectivity index (χ3v) is 14.5. The molecule has 1 spiro atoms. The van der Waals surface area contributed by atoms with Crippen LogP contribution in [0.2, 0.25) is 0 Å². The van der Waals surface area contributed by atoms with Gasteiger partial charge >= 0.3 is 0 Å². The molecule has 11 aromatic rings. The highest BCUT2D eigenvalue weighted by Gasteiger charge is 2.52. The Morgan fingerprint density at radius 2 is 0.620 bits per heavy atom. The molecule has 3 heteroatoms. The van der Waals surface area contributed by atoms with E-state index >= 15 is 0 Å². The third-order valence-electron chi connectivity index (χ3n) is 14.5. The second-order valence-corrected chi connectivity index (χ2v) is 18.5. The molecule has 0 atom stereocenters. The van der Waals surface area contributed by atoms with Gasteiger partial charge in [0.1, 0.15) is 0 Å². The molecule has 0 N–H and O–H groups in total. The lowest BCUT2D eigenvalue weighted by Gasteiger charge is -2.34. The number of anilines is 9. The topological polar surface area (TPSA) is 9.72 Å². The summed E-state index contributed by atoms with van der Waals surface area (Å²) in [5, 5.41) is 0. The molecule has 2 aliphatic rings. The predicted molar refractivity (Wildman–Crippen MR) is 297 cm³/mol. The highest BCUT2D eigenvalue weighted by molar-refractivity contribution is 5.98. The van der Waals surface area contributed by atoms with Crippen LogP contribution in [-0.2, 0) is 5.41 Å². The molecule has 0 radical (unpaired) electrons. The van der Waals surface area contributed by atoms with Crippen LogP contribution in [-0.4, -0.2) is 0 Å². The minimum atomic E-state index is -0.515. The quantitative estimate of drug-likeness (QED) is 0.135. The van der Waals surface area contributed by atoms with Crippen molar-refractivity contribution in [1.82, 2.24) is 0 Å². The van der Waals surface area contributed by atoms with Crippen LogP contribution in [0.4, 0.5) is 51.2 Å². The SMILES string of the molecule is Cc1cccc2c1-c1ccc(N(c3cccc(-c4ccccc4)c3)c3cc(N(c4ccccc4)c4ccccc4)cc(N(c4ccccc4)c4ccccc4)c3)cc1C21c2ccccc2-c2ccccc21. The molecule has 0 bridgehead atoms. The maximum Gasteiger partial charge on any atom is 0.0726 e. The Labute approximate surface area is 416 Å². The van der Waals surface area contributed by atoms with Gasteiger partial charge < -0.3 is 14.7 Å². The van der Waals surface area contributed by atoms with Gasteiger partial charge in [0.2, 0.25) is 0 Å². The summed E-state index contributed by atoms with van der Waals surface area (Å²) in [6.45, 7) is 2.27. The molecule has 0 aromatic heterocycles. The highest BCUT2D eigenvalue weighted by atomic mass is 15.2. The minimum Gasteiger partial charge on any atom is -0.310 e. The van der Waals surface area contributed by atoms with E-state index in [1.165, 1.54) is 55.6 Å². The zero-order valence-electron chi connectivity index (χ0n) is 39.4. The molecule has 0 unspecified atom stereocenters. The third kappa shape index (κ3) is 6.96. The Bertz CT molecular complexity index is 3500. The summed E-state index contributed by atoms with van der Waals surface area (Å²) < 4.78 is 0. The molecule has 71 heavy (non-hydrogen) atoms. The van der Waals surface area contributed by atoms with Gasteiger partial charge in [0.25, 0.3) is 0 Å². The fraction of sp³-hybridized carbons (Fsp3) is 0.0294. The molecule has 0 amide bonds. The summed E-state index contributed by atoms with van der Waals surface area (Å²) in [5.41, 5.74) is 23.0. The first-order valence-corrected chi connectivity index (χ1v) is 24.5. The van der Waals surface area contributed by atoms with Crippen LogP contribution in [0, 0.1) is 6.92 Å². The molecule has 0 fully saturated rings. The van der Waals surface area contributed by atoms with Crippen molar-refractivity contribution in [3.8, 4) is 33.4 Å². The first-order valence-electron chi connectivity index (χ1n) is 24.5. The van der Waals surface area contributed by atoms with E-state index in [4.69, 9.17) is 0 Å². The maximum absolute atomic E-state index is 2.51. The van der Waals surface area contributed by atoms with Gasteiger partial charge in [0.15, 0.2) is 0 Å². The average Bonchev–Trinajstić information content (AvgIpc) is 3.92. The largest absolute Gasteiger partial charge is 0.310 e. The van der Waals surface area contributed by atoms with Crippen molar-refractivity contribution < 1.29 is 0 Å². The standard InChI is InChI=1S/C68H49N3/c1-48-23-21-40-65-67(48)62-42-41-56(47-66(62)68(65)63-38-19-17-36-60(63)61-37-18-20-39-64(61)68)71(55-35-22-26-50(43-55)49-24-7-2-8-25-49)59-45-57(69(51-27-9-3-10-28-51)52-29-11-4-12-30-52)44-58(46-59)70(53-31-13-5-14-32-53)54-33-15-6-16-34-54/h2-47H,1H3. The summed E-state index contributed by atoms with van der Waals surface area (Å²) >= 11 is 0. The molecule has 0 saturated carbocycles. The van der Waals surface area contributed by atoms with Crippen LogP contribution in [0.5, 0.6) is 0 Å². The van der Waals surface area contributed by atoms with E-state index in [2.05, 4.69) is 301 Å². The molecule has 336 valence electrons. The van der Waals surface area contributed by atoms with Crippen molar-refractivity contribution in [3.05, 3.63) is 307 Å². The Balaban J connectivity index is 1.12. The second-order valence-electron chi connectivity index (χ2n) is 18.5. The zero-order chi connectivity index (χ0) is 47.3. The summed E-state index contributed by atoms with van der Waals surface area (Å²) in [4.78, 5) is 7.24. The van der Waals surface area contributed by atoms with Crippen molar-refractivity contribution in [2.75, 3.05) is 14.7 Å². The molecule has 3 nitrogen and oxygen atoms in total. The van der Waals surface area contributed by atoms with Crippen LogP contribution in [0.25, 0.3) is 33.4 Å². The monoisotopic (exact) mass is 907 g/mol. The van der Waals surface area contributed by atoms with Crippen molar-refractivity contribution in [2.45, 2.75) is 12.3 Å². The summed E-state index contributed by atoms with van der Waals surface area (Å²) in [5.74, 6) is 0. The molecule has 2 aliphatic carbocycles.